The van der Waals surface area contributed by atoms with Gasteiger partial charge in [0.1, 0.15) is 5.82 Å². The highest BCUT2D eigenvalue weighted by Gasteiger charge is 2.29. The summed E-state index contributed by atoms with van der Waals surface area (Å²) < 4.78 is 0. The molecule has 0 fully saturated rings. The number of anilines is 1. The number of hydrogen-bond acceptors (Lipinski definition) is 4. The Morgan fingerprint density at radius 2 is 2.12 bits per heavy atom. The number of nitrogens with zero attached hydrogens (tertiary/aromatic N) is 2. The van der Waals surface area contributed by atoms with Crippen molar-refractivity contribution in [1.29, 1.82) is 0 Å². The number of rotatable bonds is 4. The highest BCUT2D eigenvalue weighted by atomic mass is 16.1. The van der Waals surface area contributed by atoms with Gasteiger partial charge in [-0.1, -0.05) is 0 Å². The number of pyridine rings is 1. The minimum Gasteiger partial charge on any atom is -0.384 e. The summed E-state index contributed by atoms with van der Waals surface area (Å²) in [6.07, 6.45) is 2.01. The SMILES string of the molecule is CN(C)C(C)(C)C(=O)Cc1ccnc(N)c1. The molecule has 0 bridgehead atoms. The lowest BCUT2D eigenvalue weighted by molar-refractivity contribution is -0.127. The first-order valence-electron chi connectivity index (χ1n) is 5.25. The number of carbonyl (C=O) groups excluding carboxylic acids is 1. The van der Waals surface area contributed by atoms with E-state index >= 15 is 0 Å². The third kappa shape index (κ3) is 2.79. The van der Waals surface area contributed by atoms with Crippen LogP contribution in [0, 0.1) is 0 Å². The fraction of sp³-hybridized carbons (Fsp3) is 0.500. The van der Waals surface area contributed by atoms with Crippen LogP contribution in [0.15, 0.2) is 18.3 Å². The molecule has 1 heterocycles. The molecule has 88 valence electrons. The zero-order valence-electron chi connectivity index (χ0n) is 10.3. The Bertz CT molecular complexity index is 386. The van der Waals surface area contributed by atoms with Gasteiger partial charge in [0.25, 0.3) is 0 Å². The molecule has 1 rings (SSSR count). The van der Waals surface area contributed by atoms with Crippen molar-refractivity contribution in [2.75, 3.05) is 19.8 Å². The first-order chi connectivity index (χ1) is 7.34. The van der Waals surface area contributed by atoms with Crippen LogP contribution in [-0.4, -0.2) is 35.3 Å². The van der Waals surface area contributed by atoms with Gasteiger partial charge in [0.2, 0.25) is 0 Å². The van der Waals surface area contributed by atoms with Crippen LogP contribution in [0.3, 0.4) is 0 Å². The molecule has 4 heteroatoms. The van der Waals surface area contributed by atoms with Crippen molar-refractivity contribution in [2.24, 2.45) is 0 Å². The van der Waals surface area contributed by atoms with Crippen molar-refractivity contribution in [3.8, 4) is 0 Å². The molecule has 0 saturated carbocycles. The summed E-state index contributed by atoms with van der Waals surface area (Å²) in [5.41, 5.74) is 6.02. The molecule has 0 aliphatic heterocycles. The van der Waals surface area contributed by atoms with Crippen LogP contribution in [0.1, 0.15) is 19.4 Å². The highest BCUT2D eigenvalue weighted by molar-refractivity contribution is 5.89. The summed E-state index contributed by atoms with van der Waals surface area (Å²) in [6, 6.07) is 3.56. The third-order valence-electron chi connectivity index (χ3n) is 3.01. The minimum absolute atomic E-state index is 0.170. The van der Waals surface area contributed by atoms with Gasteiger partial charge in [-0.3, -0.25) is 9.69 Å². The fourth-order valence-electron chi connectivity index (χ4n) is 1.26. The van der Waals surface area contributed by atoms with Crippen molar-refractivity contribution in [2.45, 2.75) is 25.8 Å². The summed E-state index contributed by atoms with van der Waals surface area (Å²) in [4.78, 5) is 17.9. The van der Waals surface area contributed by atoms with E-state index in [1.165, 1.54) is 0 Å². The molecular weight excluding hydrogens is 202 g/mol. The molecule has 0 radical (unpaired) electrons. The third-order valence-corrected chi connectivity index (χ3v) is 3.01. The second-order valence-corrected chi connectivity index (χ2v) is 4.64. The Balaban J connectivity index is 2.79. The number of hydrogen-bond donors (Lipinski definition) is 1. The molecule has 2 N–H and O–H groups in total. The molecule has 0 aliphatic rings. The Morgan fingerprint density at radius 3 is 2.62 bits per heavy atom. The molecule has 4 nitrogen and oxygen atoms in total. The summed E-state index contributed by atoms with van der Waals surface area (Å²) in [5, 5.41) is 0. The first-order valence-corrected chi connectivity index (χ1v) is 5.25. The molecule has 0 amide bonds. The van der Waals surface area contributed by atoms with Crippen molar-refractivity contribution in [3.63, 3.8) is 0 Å². The number of aromatic nitrogens is 1. The zero-order chi connectivity index (χ0) is 12.3. The van der Waals surface area contributed by atoms with E-state index < -0.39 is 5.54 Å². The maximum absolute atomic E-state index is 12.1. The van der Waals surface area contributed by atoms with Gasteiger partial charge in [-0.2, -0.15) is 0 Å². The molecule has 0 atom stereocenters. The summed E-state index contributed by atoms with van der Waals surface area (Å²) in [7, 11) is 3.80. The van der Waals surface area contributed by atoms with Crippen LogP contribution in [-0.2, 0) is 11.2 Å². The van der Waals surface area contributed by atoms with Gasteiger partial charge in [-0.15, -0.1) is 0 Å². The molecule has 1 aromatic rings. The molecule has 0 saturated heterocycles. The molecule has 16 heavy (non-hydrogen) atoms. The van der Waals surface area contributed by atoms with Gasteiger partial charge >= 0.3 is 0 Å². The number of nitrogens with two attached hydrogens (primary N) is 1. The Morgan fingerprint density at radius 1 is 1.50 bits per heavy atom. The molecule has 0 aromatic carbocycles. The van der Waals surface area contributed by atoms with Gasteiger partial charge in [0.15, 0.2) is 5.78 Å². The molecule has 0 unspecified atom stereocenters. The van der Waals surface area contributed by atoms with Gasteiger partial charge < -0.3 is 5.73 Å². The van der Waals surface area contributed by atoms with Crippen molar-refractivity contribution in [3.05, 3.63) is 23.9 Å². The lowest BCUT2D eigenvalue weighted by Crippen LogP contribution is -2.46. The average molecular weight is 221 g/mol. The number of ketones is 1. The van der Waals surface area contributed by atoms with E-state index in [2.05, 4.69) is 4.98 Å². The van der Waals surface area contributed by atoms with E-state index in [1.54, 1.807) is 12.3 Å². The van der Waals surface area contributed by atoms with Crippen LogP contribution < -0.4 is 5.73 Å². The van der Waals surface area contributed by atoms with Crippen LogP contribution >= 0.6 is 0 Å². The predicted molar refractivity (Wildman–Crippen MR) is 65.1 cm³/mol. The van der Waals surface area contributed by atoms with E-state index in [9.17, 15) is 4.79 Å². The van der Waals surface area contributed by atoms with Crippen molar-refractivity contribution >= 4 is 11.6 Å². The predicted octanol–water partition coefficient (Wildman–Crippen LogP) is 1.12. The second kappa shape index (κ2) is 4.61. The summed E-state index contributed by atoms with van der Waals surface area (Å²) in [5.74, 6) is 0.621. The minimum atomic E-state index is -0.460. The van der Waals surface area contributed by atoms with Gasteiger partial charge in [-0.05, 0) is 45.6 Å². The highest BCUT2D eigenvalue weighted by Crippen LogP contribution is 2.15. The second-order valence-electron chi connectivity index (χ2n) is 4.64. The Kier molecular flexibility index (Phi) is 3.65. The summed E-state index contributed by atoms with van der Waals surface area (Å²) in [6.45, 7) is 3.83. The van der Waals surface area contributed by atoms with Crippen molar-refractivity contribution in [1.82, 2.24) is 9.88 Å². The monoisotopic (exact) mass is 221 g/mol. The van der Waals surface area contributed by atoms with Crippen molar-refractivity contribution < 1.29 is 4.79 Å². The van der Waals surface area contributed by atoms with E-state index in [4.69, 9.17) is 5.73 Å². The van der Waals surface area contributed by atoms with Crippen LogP contribution in [0.2, 0.25) is 0 Å². The quantitative estimate of drug-likeness (QED) is 0.827. The topological polar surface area (TPSA) is 59.2 Å². The number of nitrogen functional groups attached to an aromatic ring is 1. The molecule has 0 aliphatic carbocycles. The molecule has 1 aromatic heterocycles. The van der Waals surface area contributed by atoms with Gasteiger partial charge in [0, 0.05) is 12.6 Å². The van der Waals surface area contributed by atoms with Crippen LogP contribution in [0.25, 0.3) is 0 Å². The standard InChI is InChI=1S/C12H19N3O/c1-12(2,15(3)4)10(16)7-9-5-6-14-11(13)8-9/h5-6,8H,7H2,1-4H3,(H2,13,14). The van der Waals surface area contributed by atoms with E-state index in [0.29, 0.717) is 12.2 Å². The summed E-state index contributed by atoms with van der Waals surface area (Å²) >= 11 is 0. The van der Waals surface area contributed by atoms with E-state index in [-0.39, 0.29) is 5.78 Å². The first kappa shape index (κ1) is 12.6. The molecular formula is C12H19N3O. The van der Waals surface area contributed by atoms with Crippen LogP contribution in [0.4, 0.5) is 5.82 Å². The molecule has 0 spiro atoms. The normalized spacial score (nSPS) is 11.8. The van der Waals surface area contributed by atoms with Gasteiger partial charge in [-0.25, -0.2) is 4.98 Å². The maximum atomic E-state index is 12.1. The maximum Gasteiger partial charge on any atom is 0.156 e. The Labute approximate surface area is 96.5 Å². The number of Topliss-reactive ketones (excluding diaryl/α,β-unsaturated/α-hetero) is 1. The van der Waals surface area contributed by atoms with Gasteiger partial charge in [0.05, 0.1) is 5.54 Å². The Hall–Kier alpha value is -1.42. The lowest BCUT2D eigenvalue weighted by Gasteiger charge is -2.30. The van der Waals surface area contributed by atoms with E-state index in [1.807, 2.05) is 38.9 Å². The largest absolute Gasteiger partial charge is 0.384 e. The number of likely N-dealkylation sites (N-methyl/N-ethyl adjacent to an activating group) is 1. The smallest absolute Gasteiger partial charge is 0.156 e. The fourth-order valence-corrected chi connectivity index (χ4v) is 1.26. The lowest BCUT2D eigenvalue weighted by atomic mass is 9.93. The van der Waals surface area contributed by atoms with Crippen LogP contribution in [0.5, 0.6) is 0 Å². The zero-order valence-corrected chi connectivity index (χ0v) is 10.3. The number of carbonyl (C=O) groups is 1. The average Bonchev–Trinajstić information content (AvgIpc) is 2.17. The van der Waals surface area contributed by atoms with E-state index in [0.717, 1.165) is 5.56 Å².